The maximum atomic E-state index is 13.0. The van der Waals surface area contributed by atoms with Crippen molar-refractivity contribution in [3.05, 3.63) is 45.3 Å². The van der Waals surface area contributed by atoms with Crippen LogP contribution in [0, 0.1) is 14.9 Å². The summed E-state index contributed by atoms with van der Waals surface area (Å²) >= 11 is 2.01. The van der Waals surface area contributed by atoms with E-state index in [0.717, 1.165) is 9.64 Å². The lowest BCUT2D eigenvalue weighted by Crippen LogP contribution is -2.43. The van der Waals surface area contributed by atoms with Crippen LogP contribution < -0.4 is 5.32 Å². The molecule has 132 valence electrons. The lowest BCUT2D eigenvalue weighted by Gasteiger charge is -2.22. The van der Waals surface area contributed by atoms with Crippen LogP contribution >= 0.6 is 22.6 Å². The zero-order valence-corrected chi connectivity index (χ0v) is 15.0. The summed E-state index contributed by atoms with van der Waals surface area (Å²) in [7, 11) is 0. The van der Waals surface area contributed by atoms with Gasteiger partial charge in [-0.3, -0.25) is 9.48 Å². The molecule has 0 spiro atoms. The van der Waals surface area contributed by atoms with Crippen LogP contribution in [0.2, 0.25) is 0 Å². The Bertz CT molecular complexity index is 840. The number of nitriles is 1. The summed E-state index contributed by atoms with van der Waals surface area (Å²) in [6.07, 6.45) is -1.60. The number of nitrogens with one attached hydrogen (secondary N) is 1. The van der Waals surface area contributed by atoms with Gasteiger partial charge in [0.25, 0.3) is 5.91 Å². The number of nitrogens with zero attached hydrogens (tertiary/aromatic N) is 3. The second kappa shape index (κ2) is 7.01. The van der Waals surface area contributed by atoms with E-state index in [1.165, 1.54) is 29.9 Å². The van der Waals surface area contributed by atoms with E-state index in [-0.39, 0.29) is 12.2 Å². The molecule has 0 aliphatic rings. The van der Waals surface area contributed by atoms with Crippen molar-refractivity contribution in [2.45, 2.75) is 25.2 Å². The largest absolute Gasteiger partial charge is 0.417 e. The summed E-state index contributed by atoms with van der Waals surface area (Å²) in [5.74, 6) is -0.893. The third kappa shape index (κ3) is 4.70. The minimum atomic E-state index is -4.74. The lowest BCUT2D eigenvalue weighted by atomic mass is 10.0. The molecule has 0 aliphatic carbocycles. The number of amides is 1. The van der Waals surface area contributed by atoms with E-state index in [4.69, 9.17) is 5.26 Å². The number of carbonyl (C=O) groups excluding carboxylic acids is 1. The van der Waals surface area contributed by atoms with Gasteiger partial charge in [-0.15, -0.1) is 0 Å². The number of anilines is 1. The van der Waals surface area contributed by atoms with Crippen LogP contribution in [0.3, 0.4) is 0 Å². The van der Waals surface area contributed by atoms with Gasteiger partial charge in [0, 0.05) is 11.9 Å². The summed E-state index contributed by atoms with van der Waals surface area (Å²) in [5.41, 5.74) is -3.79. The fraction of sp³-hybridized carbons (Fsp3) is 0.267. The molecule has 2 aromatic rings. The van der Waals surface area contributed by atoms with Gasteiger partial charge < -0.3 is 10.4 Å². The third-order valence-corrected chi connectivity index (χ3v) is 3.82. The molecule has 1 unspecified atom stereocenters. The van der Waals surface area contributed by atoms with Crippen LogP contribution in [0.4, 0.5) is 18.9 Å². The predicted octanol–water partition coefficient (Wildman–Crippen LogP) is 2.77. The molecule has 0 aliphatic heterocycles. The van der Waals surface area contributed by atoms with Crippen LogP contribution in [0.5, 0.6) is 0 Å². The van der Waals surface area contributed by atoms with Gasteiger partial charge in [0.15, 0.2) is 5.60 Å². The summed E-state index contributed by atoms with van der Waals surface area (Å²) < 4.78 is 41.0. The highest BCUT2D eigenvalue weighted by Crippen LogP contribution is 2.33. The normalized spacial score (nSPS) is 13.8. The third-order valence-electron chi connectivity index (χ3n) is 3.26. The van der Waals surface area contributed by atoms with Gasteiger partial charge in [-0.25, -0.2) is 0 Å². The Morgan fingerprint density at radius 2 is 2.16 bits per heavy atom. The van der Waals surface area contributed by atoms with E-state index < -0.39 is 28.8 Å². The standard InChI is InChI=1S/C15H12F3IN4O2/c1-14(25,8-23-7-10(19)6-21-23)13(24)22-11-3-2-9(5-20)12(4-11)15(16,17)18/h2-4,6-7,25H,8H2,1H3,(H,22,24). The van der Waals surface area contributed by atoms with E-state index in [1.54, 1.807) is 6.20 Å². The number of aliphatic hydroxyl groups is 1. The second-order valence-electron chi connectivity index (χ2n) is 5.45. The number of hydrogen-bond acceptors (Lipinski definition) is 4. The number of benzene rings is 1. The van der Waals surface area contributed by atoms with Crippen molar-refractivity contribution >= 4 is 34.2 Å². The van der Waals surface area contributed by atoms with Gasteiger partial charge in [0.1, 0.15) is 0 Å². The molecule has 1 atom stereocenters. The first-order valence-electron chi connectivity index (χ1n) is 6.86. The second-order valence-corrected chi connectivity index (χ2v) is 6.70. The highest BCUT2D eigenvalue weighted by molar-refractivity contribution is 14.1. The molecule has 0 saturated carbocycles. The molecule has 0 fully saturated rings. The van der Waals surface area contributed by atoms with Crippen molar-refractivity contribution in [2.75, 3.05) is 5.32 Å². The number of hydrogen-bond donors (Lipinski definition) is 2. The minimum absolute atomic E-state index is 0.174. The Kier molecular flexibility index (Phi) is 5.38. The minimum Gasteiger partial charge on any atom is -0.378 e. The molecule has 0 radical (unpaired) electrons. The number of aromatic nitrogens is 2. The molecule has 0 bridgehead atoms. The highest BCUT2D eigenvalue weighted by Gasteiger charge is 2.35. The Morgan fingerprint density at radius 1 is 1.48 bits per heavy atom. The zero-order valence-electron chi connectivity index (χ0n) is 12.8. The first-order chi connectivity index (χ1) is 11.5. The molecule has 10 heteroatoms. The van der Waals surface area contributed by atoms with E-state index in [0.29, 0.717) is 6.07 Å². The topological polar surface area (TPSA) is 90.9 Å². The van der Waals surface area contributed by atoms with Crippen molar-refractivity contribution < 1.29 is 23.1 Å². The van der Waals surface area contributed by atoms with Crippen LogP contribution in [0.1, 0.15) is 18.1 Å². The number of rotatable bonds is 4. The first kappa shape index (κ1) is 19.2. The van der Waals surface area contributed by atoms with E-state index >= 15 is 0 Å². The highest BCUT2D eigenvalue weighted by atomic mass is 127. The summed E-state index contributed by atoms with van der Waals surface area (Å²) in [6, 6.07) is 4.24. The van der Waals surface area contributed by atoms with Gasteiger partial charge in [0.2, 0.25) is 0 Å². The average Bonchev–Trinajstić information content (AvgIpc) is 2.90. The molecule has 2 rings (SSSR count). The van der Waals surface area contributed by atoms with Crippen molar-refractivity contribution in [3.63, 3.8) is 0 Å². The molecule has 2 N–H and O–H groups in total. The molecular formula is C15H12F3IN4O2. The van der Waals surface area contributed by atoms with Crippen molar-refractivity contribution in [2.24, 2.45) is 0 Å². The van der Waals surface area contributed by atoms with Crippen molar-refractivity contribution in [3.8, 4) is 6.07 Å². The summed E-state index contributed by atoms with van der Waals surface area (Å²) in [6.45, 7) is 1.05. The Morgan fingerprint density at radius 3 is 2.68 bits per heavy atom. The lowest BCUT2D eigenvalue weighted by molar-refractivity contribution is -0.138. The van der Waals surface area contributed by atoms with E-state index in [1.807, 2.05) is 22.6 Å². The van der Waals surface area contributed by atoms with Gasteiger partial charge in [-0.05, 0) is 47.7 Å². The Balaban J connectivity index is 2.21. The number of halogens is 4. The first-order valence-corrected chi connectivity index (χ1v) is 7.94. The van der Waals surface area contributed by atoms with Crippen LogP contribution in [-0.4, -0.2) is 26.4 Å². The summed E-state index contributed by atoms with van der Waals surface area (Å²) in [5, 5.41) is 25.2. The summed E-state index contributed by atoms with van der Waals surface area (Å²) in [4.78, 5) is 12.2. The van der Waals surface area contributed by atoms with Crippen LogP contribution in [0.25, 0.3) is 0 Å². The average molecular weight is 464 g/mol. The Labute approximate surface area is 154 Å². The molecule has 1 amide bonds. The fourth-order valence-electron chi connectivity index (χ4n) is 2.03. The molecule has 1 heterocycles. The quantitative estimate of drug-likeness (QED) is 0.682. The maximum Gasteiger partial charge on any atom is 0.417 e. The molecule has 25 heavy (non-hydrogen) atoms. The van der Waals surface area contributed by atoms with Gasteiger partial charge in [-0.1, -0.05) is 0 Å². The molecule has 1 aromatic carbocycles. The molecule has 0 saturated heterocycles. The molecule has 1 aromatic heterocycles. The van der Waals surface area contributed by atoms with Gasteiger partial charge in [-0.2, -0.15) is 23.5 Å². The molecular weight excluding hydrogens is 452 g/mol. The molecule has 6 nitrogen and oxygen atoms in total. The van der Waals surface area contributed by atoms with Crippen LogP contribution in [-0.2, 0) is 17.5 Å². The van der Waals surface area contributed by atoms with Gasteiger partial charge >= 0.3 is 6.18 Å². The zero-order chi connectivity index (χ0) is 18.8. The van der Waals surface area contributed by atoms with Crippen LogP contribution in [0.15, 0.2) is 30.6 Å². The predicted molar refractivity (Wildman–Crippen MR) is 90.4 cm³/mol. The Hall–Kier alpha value is -2.13. The van der Waals surface area contributed by atoms with Gasteiger partial charge in [0.05, 0.1) is 33.5 Å². The number of alkyl halides is 3. The van der Waals surface area contributed by atoms with E-state index in [2.05, 4.69) is 10.4 Å². The van der Waals surface area contributed by atoms with Crippen molar-refractivity contribution in [1.82, 2.24) is 9.78 Å². The number of carbonyl (C=O) groups is 1. The monoisotopic (exact) mass is 464 g/mol. The maximum absolute atomic E-state index is 13.0. The SMILES string of the molecule is CC(O)(Cn1cc(I)cn1)C(=O)Nc1ccc(C#N)c(C(F)(F)F)c1. The van der Waals surface area contributed by atoms with Crippen molar-refractivity contribution in [1.29, 1.82) is 5.26 Å². The smallest absolute Gasteiger partial charge is 0.378 e. The van der Waals surface area contributed by atoms with E-state index in [9.17, 15) is 23.1 Å². The fourth-order valence-corrected chi connectivity index (χ4v) is 2.48.